The van der Waals surface area contributed by atoms with Gasteiger partial charge in [-0.15, -0.1) is 0 Å². The SMILES string of the molecule is N[C@@H](c1cc(Cl)ccc1Br)[C@H](O)C1CCCC1. The van der Waals surface area contributed by atoms with Crippen LogP contribution in [0.15, 0.2) is 22.7 Å². The summed E-state index contributed by atoms with van der Waals surface area (Å²) in [5.74, 6) is 0.330. The van der Waals surface area contributed by atoms with E-state index in [2.05, 4.69) is 15.9 Å². The van der Waals surface area contributed by atoms with Gasteiger partial charge in [0, 0.05) is 9.50 Å². The van der Waals surface area contributed by atoms with Gasteiger partial charge in [0.1, 0.15) is 0 Å². The van der Waals surface area contributed by atoms with E-state index in [0.29, 0.717) is 10.9 Å². The van der Waals surface area contributed by atoms with Gasteiger partial charge in [0.05, 0.1) is 12.1 Å². The first-order valence-electron chi connectivity index (χ1n) is 5.98. The molecule has 0 spiro atoms. The Hall–Kier alpha value is -0.0900. The van der Waals surface area contributed by atoms with Crippen LogP contribution in [0.2, 0.25) is 5.02 Å². The highest BCUT2D eigenvalue weighted by molar-refractivity contribution is 9.10. The van der Waals surface area contributed by atoms with E-state index in [1.165, 1.54) is 12.8 Å². The molecule has 0 aliphatic heterocycles. The van der Waals surface area contributed by atoms with Crippen LogP contribution < -0.4 is 5.73 Å². The lowest BCUT2D eigenvalue weighted by molar-refractivity contribution is 0.0843. The minimum Gasteiger partial charge on any atom is -0.391 e. The van der Waals surface area contributed by atoms with Crippen molar-refractivity contribution in [3.8, 4) is 0 Å². The number of rotatable bonds is 3. The van der Waals surface area contributed by atoms with Gasteiger partial charge in [0.15, 0.2) is 0 Å². The van der Waals surface area contributed by atoms with E-state index in [-0.39, 0.29) is 6.04 Å². The number of aliphatic hydroxyl groups excluding tert-OH is 1. The molecule has 2 nitrogen and oxygen atoms in total. The molecule has 3 N–H and O–H groups in total. The first-order chi connectivity index (χ1) is 8.09. The second-order valence-electron chi connectivity index (χ2n) is 4.73. The molecule has 1 saturated carbocycles. The Balaban J connectivity index is 2.17. The normalized spacial score (nSPS) is 20.5. The molecule has 1 fully saturated rings. The number of benzene rings is 1. The number of hydrogen-bond donors (Lipinski definition) is 2. The van der Waals surface area contributed by atoms with E-state index in [4.69, 9.17) is 17.3 Å². The molecule has 0 aromatic heterocycles. The molecule has 1 aliphatic carbocycles. The van der Waals surface area contributed by atoms with E-state index in [1.54, 1.807) is 0 Å². The quantitative estimate of drug-likeness (QED) is 0.893. The smallest absolute Gasteiger partial charge is 0.0761 e. The maximum absolute atomic E-state index is 10.3. The predicted molar refractivity (Wildman–Crippen MR) is 74.0 cm³/mol. The second kappa shape index (κ2) is 5.70. The third kappa shape index (κ3) is 3.02. The summed E-state index contributed by atoms with van der Waals surface area (Å²) in [5, 5.41) is 10.9. The van der Waals surface area contributed by atoms with Crippen LogP contribution >= 0.6 is 27.5 Å². The minimum atomic E-state index is -0.479. The summed E-state index contributed by atoms with van der Waals surface area (Å²) in [5.41, 5.74) is 7.04. The molecule has 4 heteroatoms. The number of aliphatic hydroxyl groups is 1. The summed E-state index contributed by atoms with van der Waals surface area (Å²) >= 11 is 9.43. The molecule has 2 rings (SSSR count). The molecule has 1 aromatic carbocycles. The number of hydrogen-bond acceptors (Lipinski definition) is 2. The Kier molecular flexibility index (Phi) is 4.47. The average Bonchev–Trinajstić information content (AvgIpc) is 2.84. The van der Waals surface area contributed by atoms with Gasteiger partial charge < -0.3 is 10.8 Å². The third-order valence-electron chi connectivity index (χ3n) is 3.57. The Morgan fingerprint density at radius 3 is 2.65 bits per heavy atom. The Morgan fingerprint density at radius 1 is 1.35 bits per heavy atom. The zero-order valence-electron chi connectivity index (χ0n) is 9.57. The van der Waals surface area contributed by atoms with Gasteiger partial charge >= 0.3 is 0 Å². The van der Waals surface area contributed by atoms with Crippen molar-refractivity contribution in [3.05, 3.63) is 33.3 Å². The van der Waals surface area contributed by atoms with Crippen LogP contribution in [0.3, 0.4) is 0 Å². The van der Waals surface area contributed by atoms with Crippen LogP contribution in [0, 0.1) is 5.92 Å². The van der Waals surface area contributed by atoms with Gasteiger partial charge in [-0.05, 0) is 42.5 Å². The third-order valence-corrected chi connectivity index (χ3v) is 4.53. The molecule has 0 bridgehead atoms. The fraction of sp³-hybridized carbons (Fsp3) is 0.538. The first kappa shape index (κ1) is 13.3. The summed E-state index contributed by atoms with van der Waals surface area (Å²) < 4.78 is 0.909. The Bertz CT molecular complexity index is 393. The van der Waals surface area contributed by atoms with Crippen LogP contribution in [0.5, 0.6) is 0 Å². The average molecular weight is 319 g/mol. The summed E-state index contributed by atoms with van der Waals surface area (Å²) in [6.45, 7) is 0. The zero-order valence-corrected chi connectivity index (χ0v) is 11.9. The van der Waals surface area contributed by atoms with E-state index in [1.807, 2.05) is 18.2 Å². The summed E-state index contributed by atoms with van der Waals surface area (Å²) in [7, 11) is 0. The van der Waals surface area contributed by atoms with Crippen LogP contribution in [0.25, 0.3) is 0 Å². The van der Waals surface area contributed by atoms with E-state index >= 15 is 0 Å². The Labute approximate surface area is 115 Å². The standard InChI is InChI=1S/C13H17BrClNO/c14-11-6-5-9(15)7-10(11)12(16)13(17)8-3-1-2-4-8/h5-8,12-13,17H,1-4,16H2/t12-,13+/m0/s1. The maximum atomic E-state index is 10.3. The van der Waals surface area contributed by atoms with Gasteiger partial charge in [-0.25, -0.2) is 0 Å². The fourth-order valence-corrected chi connectivity index (χ4v) is 3.24. The molecule has 0 amide bonds. The highest BCUT2D eigenvalue weighted by atomic mass is 79.9. The van der Waals surface area contributed by atoms with Crippen molar-refractivity contribution in [1.82, 2.24) is 0 Å². The molecular formula is C13H17BrClNO. The molecule has 1 aliphatic rings. The number of halogens is 2. The van der Waals surface area contributed by atoms with Crippen molar-refractivity contribution < 1.29 is 5.11 Å². The van der Waals surface area contributed by atoms with Crippen LogP contribution in [0.4, 0.5) is 0 Å². The lowest BCUT2D eigenvalue weighted by atomic mass is 9.91. The van der Waals surface area contributed by atoms with Crippen LogP contribution in [0.1, 0.15) is 37.3 Å². The molecule has 2 atom stereocenters. The largest absolute Gasteiger partial charge is 0.391 e. The molecule has 0 radical (unpaired) electrons. The van der Waals surface area contributed by atoms with E-state index in [9.17, 15) is 5.11 Å². The molecule has 17 heavy (non-hydrogen) atoms. The topological polar surface area (TPSA) is 46.2 Å². The van der Waals surface area contributed by atoms with Gasteiger partial charge in [0.25, 0.3) is 0 Å². The van der Waals surface area contributed by atoms with Gasteiger partial charge in [-0.3, -0.25) is 0 Å². The second-order valence-corrected chi connectivity index (χ2v) is 6.02. The molecule has 1 aromatic rings. The van der Waals surface area contributed by atoms with Crippen molar-refractivity contribution in [2.45, 2.75) is 37.8 Å². The lowest BCUT2D eigenvalue weighted by Gasteiger charge is -2.25. The highest BCUT2D eigenvalue weighted by Gasteiger charge is 2.29. The van der Waals surface area contributed by atoms with Crippen LogP contribution in [-0.4, -0.2) is 11.2 Å². The highest BCUT2D eigenvalue weighted by Crippen LogP contribution is 2.35. The van der Waals surface area contributed by atoms with Gasteiger partial charge in [-0.1, -0.05) is 40.4 Å². The Morgan fingerprint density at radius 2 is 2.00 bits per heavy atom. The maximum Gasteiger partial charge on any atom is 0.0761 e. The molecule has 0 saturated heterocycles. The van der Waals surface area contributed by atoms with Gasteiger partial charge in [-0.2, -0.15) is 0 Å². The molecule has 0 unspecified atom stereocenters. The first-order valence-corrected chi connectivity index (χ1v) is 7.15. The van der Waals surface area contributed by atoms with Crippen molar-refractivity contribution in [3.63, 3.8) is 0 Å². The van der Waals surface area contributed by atoms with E-state index in [0.717, 1.165) is 22.9 Å². The summed E-state index contributed by atoms with van der Waals surface area (Å²) in [4.78, 5) is 0. The summed E-state index contributed by atoms with van der Waals surface area (Å²) in [6, 6.07) is 5.14. The number of nitrogens with two attached hydrogens (primary N) is 1. The van der Waals surface area contributed by atoms with Crippen molar-refractivity contribution in [1.29, 1.82) is 0 Å². The minimum absolute atomic E-state index is 0.330. The summed E-state index contributed by atoms with van der Waals surface area (Å²) in [6.07, 6.45) is 4.07. The lowest BCUT2D eigenvalue weighted by Crippen LogP contribution is -2.32. The zero-order chi connectivity index (χ0) is 12.4. The molecule has 0 heterocycles. The monoisotopic (exact) mass is 317 g/mol. The van der Waals surface area contributed by atoms with Crippen molar-refractivity contribution in [2.75, 3.05) is 0 Å². The molecular weight excluding hydrogens is 302 g/mol. The molecule has 94 valence electrons. The van der Waals surface area contributed by atoms with Crippen molar-refractivity contribution in [2.24, 2.45) is 11.7 Å². The van der Waals surface area contributed by atoms with Gasteiger partial charge in [0.2, 0.25) is 0 Å². The van der Waals surface area contributed by atoms with E-state index < -0.39 is 6.10 Å². The fourth-order valence-electron chi connectivity index (χ4n) is 2.55. The van der Waals surface area contributed by atoms with Crippen molar-refractivity contribution >= 4 is 27.5 Å². The van der Waals surface area contributed by atoms with Crippen LogP contribution in [-0.2, 0) is 0 Å². The predicted octanol–water partition coefficient (Wildman–Crippen LogP) is 3.65.